The van der Waals surface area contributed by atoms with Crippen LogP contribution in [-0.4, -0.2) is 45.3 Å². The zero-order valence-corrected chi connectivity index (χ0v) is 10.9. The number of aromatic nitrogens is 3. The highest BCUT2D eigenvalue weighted by molar-refractivity contribution is 4.91. The molecule has 2 rings (SSSR count). The molecule has 0 saturated carbocycles. The number of unbranched alkanes of at least 4 members (excludes halogenated alkanes) is 1. The molecule has 1 atom stereocenters. The monoisotopic (exact) mass is 237 g/mol. The number of nitrogens with one attached hydrogen (secondary N) is 1. The molecule has 1 unspecified atom stereocenters. The molecule has 0 spiro atoms. The fourth-order valence-electron chi connectivity index (χ4n) is 2.20. The third kappa shape index (κ3) is 3.26. The van der Waals surface area contributed by atoms with Crippen LogP contribution < -0.4 is 5.32 Å². The molecule has 5 nitrogen and oxygen atoms in total. The Kier molecular flexibility index (Phi) is 4.50. The zero-order chi connectivity index (χ0) is 12.1. The molecule has 0 fully saturated rings. The van der Waals surface area contributed by atoms with Crippen molar-refractivity contribution in [2.24, 2.45) is 0 Å². The maximum absolute atomic E-state index is 4.15. The van der Waals surface area contributed by atoms with Gasteiger partial charge in [0.15, 0.2) is 0 Å². The summed E-state index contributed by atoms with van der Waals surface area (Å²) in [5.74, 6) is 1.09. The van der Waals surface area contributed by atoms with Gasteiger partial charge >= 0.3 is 0 Å². The van der Waals surface area contributed by atoms with Crippen LogP contribution in [0.4, 0.5) is 0 Å². The Balaban J connectivity index is 1.76. The Labute approximate surface area is 103 Å². The second kappa shape index (κ2) is 6.12. The van der Waals surface area contributed by atoms with Crippen LogP contribution in [0.5, 0.6) is 0 Å². The van der Waals surface area contributed by atoms with E-state index in [1.807, 2.05) is 6.33 Å². The van der Waals surface area contributed by atoms with Crippen LogP contribution in [0.2, 0.25) is 0 Å². The number of fused-ring (bicyclic) bond motifs is 1. The van der Waals surface area contributed by atoms with Gasteiger partial charge in [-0.15, -0.1) is 10.2 Å². The summed E-state index contributed by atoms with van der Waals surface area (Å²) in [6.07, 6.45) is 4.35. The van der Waals surface area contributed by atoms with Gasteiger partial charge in [0.25, 0.3) is 0 Å². The van der Waals surface area contributed by atoms with Crippen molar-refractivity contribution in [3.8, 4) is 0 Å². The van der Waals surface area contributed by atoms with Crippen LogP contribution in [0.25, 0.3) is 0 Å². The summed E-state index contributed by atoms with van der Waals surface area (Å²) in [7, 11) is 0. The maximum atomic E-state index is 4.15. The predicted molar refractivity (Wildman–Crippen MR) is 67.7 cm³/mol. The molecule has 2 heterocycles. The Morgan fingerprint density at radius 3 is 3.18 bits per heavy atom. The molecule has 5 heteroatoms. The normalized spacial score (nSPS) is 18.0. The van der Waals surface area contributed by atoms with Crippen LogP contribution in [0.1, 0.15) is 32.5 Å². The lowest BCUT2D eigenvalue weighted by molar-refractivity contribution is 0.160. The van der Waals surface area contributed by atoms with E-state index in [9.17, 15) is 0 Å². The average Bonchev–Trinajstić information content (AvgIpc) is 2.81. The number of nitrogens with zero attached hydrogens (tertiary/aromatic N) is 4. The summed E-state index contributed by atoms with van der Waals surface area (Å²) in [4.78, 5) is 2.48. The van der Waals surface area contributed by atoms with E-state index in [1.54, 1.807) is 0 Å². The van der Waals surface area contributed by atoms with E-state index >= 15 is 0 Å². The highest BCUT2D eigenvalue weighted by Crippen LogP contribution is 2.11. The molecular weight excluding hydrogens is 214 g/mol. The van der Waals surface area contributed by atoms with Gasteiger partial charge in [-0.1, -0.05) is 13.3 Å². The van der Waals surface area contributed by atoms with E-state index in [0.29, 0.717) is 6.04 Å². The first kappa shape index (κ1) is 12.5. The van der Waals surface area contributed by atoms with Crippen molar-refractivity contribution in [1.29, 1.82) is 0 Å². The minimum absolute atomic E-state index is 0.567. The highest BCUT2D eigenvalue weighted by atomic mass is 15.3. The summed E-state index contributed by atoms with van der Waals surface area (Å²) in [6.45, 7) is 9.74. The van der Waals surface area contributed by atoms with Crippen LogP contribution >= 0.6 is 0 Å². The summed E-state index contributed by atoms with van der Waals surface area (Å²) >= 11 is 0. The van der Waals surface area contributed by atoms with Crippen molar-refractivity contribution in [2.75, 3.05) is 19.6 Å². The van der Waals surface area contributed by atoms with Crippen molar-refractivity contribution in [3.05, 3.63) is 12.2 Å². The third-order valence-electron chi connectivity index (χ3n) is 3.44. The fourth-order valence-corrected chi connectivity index (χ4v) is 2.20. The first-order valence-corrected chi connectivity index (χ1v) is 6.62. The molecule has 0 aliphatic carbocycles. The molecule has 0 amide bonds. The SMILES string of the molecule is CCCCNCC(C)N1CCn2cnnc2C1. The van der Waals surface area contributed by atoms with E-state index in [2.05, 4.69) is 38.8 Å². The van der Waals surface area contributed by atoms with Gasteiger partial charge in [-0.25, -0.2) is 0 Å². The standard InChI is InChI=1S/C12H23N5/c1-3-4-5-13-8-11(2)16-6-7-17-10-14-15-12(17)9-16/h10-11,13H,3-9H2,1-2H3. The quantitative estimate of drug-likeness (QED) is 0.746. The van der Waals surface area contributed by atoms with Crippen LogP contribution in [0, 0.1) is 0 Å². The molecule has 0 radical (unpaired) electrons. The molecule has 0 saturated heterocycles. The van der Waals surface area contributed by atoms with Crippen molar-refractivity contribution in [1.82, 2.24) is 25.0 Å². The summed E-state index contributed by atoms with van der Waals surface area (Å²) in [6, 6.07) is 0.567. The van der Waals surface area contributed by atoms with Crippen molar-refractivity contribution < 1.29 is 0 Å². The Morgan fingerprint density at radius 2 is 2.35 bits per heavy atom. The molecule has 1 aromatic heterocycles. The number of rotatable bonds is 6. The van der Waals surface area contributed by atoms with Crippen LogP contribution in [0.15, 0.2) is 6.33 Å². The van der Waals surface area contributed by atoms with Crippen molar-refractivity contribution in [3.63, 3.8) is 0 Å². The van der Waals surface area contributed by atoms with Crippen LogP contribution in [0.3, 0.4) is 0 Å². The van der Waals surface area contributed by atoms with Crippen molar-refractivity contribution in [2.45, 2.75) is 45.8 Å². The largest absolute Gasteiger partial charge is 0.315 e. The molecule has 1 aromatic rings. The Hall–Kier alpha value is -0.940. The Morgan fingerprint density at radius 1 is 1.47 bits per heavy atom. The topological polar surface area (TPSA) is 46.0 Å². The second-order valence-corrected chi connectivity index (χ2v) is 4.82. The van der Waals surface area contributed by atoms with E-state index in [1.165, 1.54) is 12.8 Å². The number of hydrogen-bond donors (Lipinski definition) is 1. The van der Waals surface area contributed by atoms with E-state index in [0.717, 1.165) is 38.5 Å². The second-order valence-electron chi connectivity index (χ2n) is 4.82. The molecular formula is C12H23N5. The Bertz CT molecular complexity index is 335. The summed E-state index contributed by atoms with van der Waals surface area (Å²) in [5.41, 5.74) is 0. The van der Waals surface area contributed by atoms with E-state index < -0.39 is 0 Å². The molecule has 1 aliphatic rings. The van der Waals surface area contributed by atoms with Gasteiger partial charge < -0.3 is 9.88 Å². The first-order chi connectivity index (χ1) is 8.31. The lowest BCUT2D eigenvalue weighted by Crippen LogP contribution is -2.44. The average molecular weight is 237 g/mol. The molecule has 0 bridgehead atoms. The summed E-state index contributed by atoms with van der Waals surface area (Å²) < 4.78 is 2.15. The highest BCUT2D eigenvalue weighted by Gasteiger charge is 2.21. The van der Waals surface area contributed by atoms with Gasteiger partial charge in [0, 0.05) is 25.7 Å². The molecule has 17 heavy (non-hydrogen) atoms. The zero-order valence-electron chi connectivity index (χ0n) is 10.9. The molecule has 96 valence electrons. The minimum atomic E-state index is 0.567. The fraction of sp³-hybridized carbons (Fsp3) is 0.833. The van der Waals surface area contributed by atoms with Gasteiger partial charge in [0.05, 0.1) is 6.54 Å². The number of hydrogen-bond acceptors (Lipinski definition) is 4. The molecule has 1 aliphatic heterocycles. The lowest BCUT2D eigenvalue weighted by Gasteiger charge is -2.32. The van der Waals surface area contributed by atoms with Crippen LogP contribution in [-0.2, 0) is 13.1 Å². The van der Waals surface area contributed by atoms with Gasteiger partial charge in [0.1, 0.15) is 12.2 Å². The summed E-state index contributed by atoms with van der Waals surface area (Å²) in [5, 5.41) is 11.6. The predicted octanol–water partition coefficient (Wildman–Crippen LogP) is 0.872. The smallest absolute Gasteiger partial charge is 0.147 e. The van der Waals surface area contributed by atoms with E-state index in [4.69, 9.17) is 0 Å². The van der Waals surface area contributed by atoms with Crippen molar-refractivity contribution >= 4 is 0 Å². The molecule has 1 N–H and O–H groups in total. The van der Waals surface area contributed by atoms with Gasteiger partial charge in [-0.3, -0.25) is 4.90 Å². The molecule has 0 aromatic carbocycles. The minimum Gasteiger partial charge on any atom is -0.315 e. The third-order valence-corrected chi connectivity index (χ3v) is 3.44. The van der Waals surface area contributed by atoms with Gasteiger partial charge in [-0.05, 0) is 19.9 Å². The first-order valence-electron chi connectivity index (χ1n) is 6.62. The van der Waals surface area contributed by atoms with Gasteiger partial charge in [0.2, 0.25) is 0 Å². The maximum Gasteiger partial charge on any atom is 0.147 e. The van der Waals surface area contributed by atoms with Gasteiger partial charge in [-0.2, -0.15) is 0 Å². The van der Waals surface area contributed by atoms with E-state index in [-0.39, 0.29) is 0 Å². The lowest BCUT2D eigenvalue weighted by atomic mass is 10.2.